The molecule has 0 aromatic heterocycles. The molecule has 1 aromatic rings. The molecular weight excluding hydrogens is 263 g/mol. The van der Waals surface area contributed by atoms with E-state index in [-0.39, 0.29) is 5.82 Å². The van der Waals surface area contributed by atoms with Crippen molar-refractivity contribution in [3.63, 3.8) is 0 Å². The minimum Gasteiger partial charge on any atom is -0.369 e. The molecule has 0 saturated carbocycles. The normalized spacial score (nSPS) is 10.8. The van der Waals surface area contributed by atoms with Crippen molar-refractivity contribution in [2.45, 2.75) is 58.3 Å². The van der Waals surface area contributed by atoms with Crippen LogP contribution in [0.5, 0.6) is 0 Å². The highest BCUT2D eigenvalue weighted by atomic mass is 19.1. The van der Waals surface area contributed by atoms with E-state index < -0.39 is 0 Å². The third-order valence-electron chi connectivity index (χ3n) is 3.86. The molecule has 0 aliphatic heterocycles. The molecule has 0 bridgehead atoms. The van der Waals surface area contributed by atoms with E-state index in [1.54, 1.807) is 6.07 Å². The van der Waals surface area contributed by atoms with E-state index in [4.69, 9.17) is 5.73 Å². The maximum Gasteiger partial charge on any atom is 0.146 e. The van der Waals surface area contributed by atoms with Gasteiger partial charge in [-0.1, -0.05) is 57.6 Å². The fourth-order valence-electron chi connectivity index (χ4n) is 2.60. The molecule has 1 aromatic carbocycles. The second-order valence-corrected chi connectivity index (χ2v) is 5.70. The summed E-state index contributed by atoms with van der Waals surface area (Å²) in [6.45, 7) is 4.66. The van der Waals surface area contributed by atoms with Crippen molar-refractivity contribution in [1.29, 1.82) is 0 Å². The molecule has 0 heterocycles. The first-order valence-electron chi connectivity index (χ1n) is 8.49. The van der Waals surface area contributed by atoms with Gasteiger partial charge in [-0.3, -0.25) is 0 Å². The van der Waals surface area contributed by atoms with Gasteiger partial charge in [-0.15, -0.1) is 0 Å². The molecule has 0 spiro atoms. The van der Waals surface area contributed by atoms with E-state index >= 15 is 0 Å². The van der Waals surface area contributed by atoms with Gasteiger partial charge in [0.2, 0.25) is 0 Å². The first-order valence-corrected chi connectivity index (χ1v) is 8.49. The van der Waals surface area contributed by atoms with E-state index in [2.05, 4.69) is 11.8 Å². The van der Waals surface area contributed by atoms with Gasteiger partial charge in [0.25, 0.3) is 0 Å². The number of nitrogens with zero attached hydrogens (tertiary/aromatic N) is 1. The maximum absolute atomic E-state index is 13.9. The predicted octanol–water partition coefficient (Wildman–Crippen LogP) is 4.73. The molecule has 3 heteroatoms. The Morgan fingerprint density at radius 2 is 1.52 bits per heavy atom. The topological polar surface area (TPSA) is 29.3 Å². The summed E-state index contributed by atoms with van der Waals surface area (Å²) >= 11 is 0. The van der Waals surface area contributed by atoms with Crippen molar-refractivity contribution in [2.24, 2.45) is 5.73 Å². The predicted molar refractivity (Wildman–Crippen MR) is 90.3 cm³/mol. The van der Waals surface area contributed by atoms with Crippen LogP contribution in [0.2, 0.25) is 0 Å². The minimum absolute atomic E-state index is 0.127. The first kappa shape index (κ1) is 18.0. The lowest BCUT2D eigenvalue weighted by Gasteiger charge is -2.25. The van der Waals surface area contributed by atoms with Gasteiger partial charge in [-0.25, -0.2) is 4.39 Å². The van der Waals surface area contributed by atoms with Crippen LogP contribution in [0.1, 0.15) is 58.3 Å². The molecule has 1 rings (SSSR count). The van der Waals surface area contributed by atoms with E-state index in [0.29, 0.717) is 6.54 Å². The summed E-state index contributed by atoms with van der Waals surface area (Å²) in [6, 6.07) is 7.05. The van der Waals surface area contributed by atoms with E-state index in [9.17, 15) is 4.39 Å². The summed E-state index contributed by atoms with van der Waals surface area (Å²) < 4.78 is 13.9. The molecule has 0 radical (unpaired) electrons. The van der Waals surface area contributed by atoms with Crippen LogP contribution in [0.4, 0.5) is 10.1 Å². The number of anilines is 1. The Hall–Kier alpha value is -1.09. The third-order valence-corrected chi connectivity index (χ3v) is 3.86. The number of unbranched alkanes of at least 4 members (excludes halogenated alkanes) is 6. The zero-order valence-corrected chi connectivity index (χ0v) is 13.5. The van der Waals surface area contributed by atoms with Gasteiger partial charge in [0, 0.05) is 13.1 Å². The molecular formula is C18H31FN2. The van der Waals surface area contributed by atoms with Crippen LogP contribution in [-0.4, -0.2) is 19.6 Å². The second kappa shape index (κ2) is 11.6. The monoisotopic (exact) mass is 294 g/mol. The largest absolute Gasteiger partial charge is 0.369 e. The zero-order chi connectivity index (χ0) is 15.3. The number of hydrogen-bond acceptors (Lipinski definition) is 2. The van der Waals surface area contributed by atoms with Crippen LogP contribution in [0.25, 0.3) is 0 Å². The standard InChI is InChI=1S/C18H31FN2/c1-2-3-4-5-6-7-10-15-21(16-11-14-20)18-13-9-8-12-17(18)19/h8-9,12-13H,2-7,10-11,14-16,20H2,1H3. The fourth-order valence-corrected chi connectivity index (χ4v) is 2.60. The Morgan fingerprint density at radius 1 is 0.905 bits per heavy atom. The van der Waals surface area contributed by atoms with Crippen LogP contribution < -0.4 is 10.6 Å². The van der Waals surface area contributed by atoms with Crippen LogP contribution in [-0.2, 0) is 0 Å². The van der Waals surface area contributed by atoms with E-state index in [0.717, 1.165) is 31.6 Å². The molecule has 0 unspecified atom stereocenters. The fraction of sp³-hybridized carbons (Fsp3) is 0.667. The van der Waals surface area contributed by atoms with Crippen molar-refractivity contribution in [3.8, 4) is 0 Å². The summed E-state index contributed by atoms with van der Waals surface area (Å²) in [5.41, 5.74) is 6.31. The number of hydrogen-bond donors (Lipinski definition) is 1. The number of rotatable bonds is 12. The van der Waals surface area contributed by atoms with Gasteiger partial charge in [0.15, 0.2) is 0 Å². The zero-order valence-electron chi connectivity index (χ0n) is 13.5. The van der Waals surface area contributed by atoms with Crippen LogP contribution in [0, 0.1) is 5.82 Å². The summed E-state index contributed by atoms with van der Waals surface area (Å²) in [5, 5.41) is 0. The Balaban J connectivity index is 2.35. The van der Waals surface area contributed by atoms with Gasteiger partial charge >= 0.3 is 0 Å². The highest BCUT2D eigenvalue weighted by Gasteiger charge is 2.10. The van der Waals surface area contributed by atoms with Gasteiger partial charge in [0.05, 0.1) is 5.69 Å². The quantitative estimate of drug-likeness (QED) is 0.565. The molecule has 2 N–H and O–H groups in total. The minimum atomic E-state index is -0.127. The lowest BCUT2D eigenvalue weighted by molar-refractivity contribution is 0.572. The van der Waals surface area contributed by atoms with Crippen LogP contribution in [0.3, 0.4) is 0 Å². The van der Waals surface area contributed by atoms with Crippen molar-refractivity contribution < 1.29 is 4.39 Å². The smallest absolute Gasteiger partial charge is 0.146 e. The molecule has 21 heavy (non-hydrogen) atoms. The highest BCUT2D eigenvalue weighted by Crippen LogP contribution is 2.20. The average Bonchev–Trinajstić information content (AvgIpc) is 2.50. The molecule has 0 aliphatic carbocycles. The highest BCUT2D eigenvalue weighted by molar-refractivity contribution is 5.47. The summed E-state index contributed by atoms with van der Waals surface area (Å²) in [4.78, 5) is 2.15. The second-order valence-electron chi connectivity index (χ2n) is 5.70. The molecule has 0 atom stereocenters. The Bertz CT molecular complexity index is 368. The number of para-hydroxylation sites is 1. The molecule has 0 fully saturated rings. The summed E-state index contributed by atoms with van der Waals surface area (Å²) in [6.07, 6.45) is 9.88. The van der Waals surface area contributed by atoms with Gasteiger partial charge < -0.3 is 10.6 Å². The molecule has 0 aliphatic rings. The first-order chi connectivity index (χ1) is 10.3. The van der Waals surface area contributed by atoms with Crippen molar-refractivity contribution in [1.82, 2.24) is 0 Å². The number of nitrogens with two attached hydrogens (primary N) is 1. The van der Waals surface area contributed by atoms with E-state index in [1.807, 2.05) is 12.1 Å². The molecule has 0 saturated heterocycles. The SMILES string of the molecule is CCCCCCCCCN(CCCN)c1ccccc1F. The van der Waals surface area contributed by atoms with Crippen LogP contribution in [0.15, 0.2) is 24.3 Å². The van der Waals surface area contributed by atoms with Gasteiger partial charge in [0.1, 0.15) is 5.82 Å². The molecule has 0 amide bonds. The number of halogens is 1. The average molecular weight is 294 g/mol. The van der Waals surface area contributed by atoms with Crippen LogP contribution >= 0.6 is 0 Å². The number of benzene rings is 1. The summed E-state index contributed by atoms with van der Waals surface area (Å²) in [7, 11) is 0. The molecule has 2 nitrogen and oxygen atoms in total. The third kappa shape index (κ3) is 7.47. The van der Waals surface area contributed by atoms with Crippen molar-refractivity contribution in [3.05, 3.63) is 30.1 Å². The van der Waals surface area contributed by atoms with Gasteiger partial charge in [-0.05, 0) is 31.5 Å². The van der Waals surface area contributed by atoms with Gasteiger partial charge in [-0.2, -0.15) is 0 Å². The Morgan fingerprint density at radius 3 is 2.19 bits per heavy atom. The van der Waals surface area contributed by atoms with E-state index in [1.165, 1.54) is 44.6 Å². The Labute approximate surface area is 129 Å². The van der Waals surface area contributed by atoms with Crippen molar-refractivity contribution >= 4 is 5.69 Å². The Kier molecular flexibility index (Phi) is 9.88. The lowest BCUT2D eigenvalue weighted by Crippen LogP contribution is -2.28. The van der Waals surface area contributed by atoms with Crippen molar-refractivity contribution in [2.75, 3.05) is 24.5 Å². The molecule has 120 valence electrons. The maximum atomic E-state index is 13.9. The summed E-state index contributed by atoms with van der Waals surface area (Å²) in [5.74, 6) is -0.127. The lowest BCUT2D eigenvalue weighted by atomic mass is 10.1.